The molecule has 0 radical (unpaired) electrons. The van der Waals surface area contributed by atoms with Crippen LogP contribution in [-0.4, -0.2) is 42.5 Å². The maximum Gasteiger partial charge on any atom is 0.320 e. The van der Waals surface area contributed by atoms with Crippen LogP contribution in [-0.2, 0) is 14.8 Å². The lowest BCUT2D eigenvalue weighted by atomic mass is 9.78. The Morgan fingerprint density at radius 2 is 2.00 bits per heavy atom. The van der Waals surface area contributed by atoms with Crippen LogP contribution in [0.2, 0.25) is 0 Å². The second kappa shape index (κ2) is 3.84. The molecule has 0 aliphatic heterocycles. The van der Waals surface area contributed by atoms with E-state index in [4.69, 9.17) is 10.2 Å². The van der Waals surface area contributed by atoms with Gasteiger partial charge in [-0.3, -0.25) is 4.79 Å². The van der Waals surface area contributed by atoms with E-state index in [9.17, 15) is 13.2 Å². The van der Waals surface area contributed by atoms with Crippen molar-refractivity contribution in [1.29, 1.82) is 0 Å². The van der Waals surface area contributed by atoms with Gasteiger partial charge in [0.1, 0.15) is 0 Å². The van der Waals surface area contributed by atoms with Gasteiger partial charge in [-0.1, -0.05) is 0 Å². The summed E-state index contributed by atoms with van der Waals surface area (Å²) in [6, 6.07) is 0. The maximum absolute atomic E-state index is 11.2. The van der Waals surface area contributed by atoms with E-state index in [0.717, 1.165) is 6.42 Å². The van der Waals surface area contributed by atoms with Crippen LogP contribution >= 0.6 is 0 Å². The van der Waals surface area contributed by atoms with Crippen molar-refractivity contribution >= 4 is 16.0 Å². The molecule has 14 heavy (non-hydrogen) atoms. The molecule has 0 spiro atoms. The lowest BCUT2D eigenvalue weighted by Gasteiger charge is -2.40. The van der Waals surface area contributed by atoms with Gasteiger partial charge < -0.3 is 10.2 Å². The number of carbonyl (C=O) groups is 1. The van der Waals surface area contributed by atoms with E-state index in [0.29, 0.717) is 12.8 Å². The fourth-order valence-electron chi connectivity index (χ4n) is 1.42. The third-order valence-corrected chi connectivity index (χ3v) is 3.67. The summed E-state index contributed by atoms with van der Waals surface area (Å²) in [7, 11) is -3.82. The highest BCUT2D eigenvalue weighted by atomic mass is 32.2. The molecule has 0 amide bonds. The van der Waals surface area contributed by atoms with Gasteiger partial charge in [0, 0.05) is 0 Å². The molecule has 1 fully saturated rings. The number of carboxylic acid groups (broad SMARTS) is 1. The normalized spacial score (nSPS) is 20.1. The SMILES string of the molecule is O=C(O)CS(=O)(=O)NC1(CO)CCC1. The summed E-state index contributed by atoms with van der Waals surface area (Å²) < 4.78 is 24.6. The minimum Gasteiger partial charge on any atom is -0.480 e. The van der Waals surface area contributed by atoms with Crippen LogP contribution in [0.15, 0.2) is 0 Å². The molecule has 1 aliphatic carbocycles. The molecular weight excluding hydrogens is 210 g/mol. The third kappa shape index (κ3) is 2.66. The zero-order chi connectivity index (χ0) is 10.8. The van der Waals surface area contributed by atoms with E-state index < -0.39 is 27.3 Å². The average Bonchev–Trinajstić information content (AvgIpc) is 1.94. The smallest absolute Gasteiger partial charge is 0.320 e. The standard InChI is InChI=1S/C7H13NO5S/c9-5-7(2-1-3-7)8-14(12,13)4-6(10)11/h8-9H,1-5H2,(H,10,11). The van der Waals surface area contributed by atoms with Gasteiger partial charge in [0.05, 0.1) is 12.1 Å². The minimum atomic E-state index is -3.82. The number of aliphatic hydroxyl groups is 1. The van der Waals surface area contributed by atoms with E-state index in [1.54, 1.807) is 0 Å². The Morgan fingerprint density at radius 3 is 2.29 bits per heavy atom. The fraction of sp³-hybridized carbons (Fsp3) is 0.857. The molecule has 1 rings (SSSR count). The Kier molecular flexibility index (Phi) is 3.13. The zero-order valence-electron chi connectivity index (χ0n) is 7.56. The highest BCUT2D eigenvalue weighted by Gasteiger charge is 2.40. The molecule has 0 saturated heterocycles. The summed E-state index contributed by atoms with van der Waals surface area (Å²) in [5.41, 5.74) is -0.811. The molecule has 0 atom stereocenters. The van der Waals surface area contributed by atoms with Crippen LogP contribution < -0.4 is 4.72 Å². The highest BCUT2D eigenvalue weighted by molar-refractivity contribution is 7.90. The average molecular weight is 223 g/mol. The summed E-state index contributed by atoms with van der Waals surface area (Å²) in [4.78, 5) is 10.2. The van der Waals surface area contributed by atoms with Crippen molar-refractivity contribution < 1.29 is 23.4 Å². The summed E-state index contributed by atoms with van der Waals surface area (Å²) >= 11 is 0. The van der Waals surface area contributed by atoms with Gasteiger partial charge in [-0.25, -0.2) is 13.1 Å². The van der Waals surface area contributed by atoms with E-state index in [-0.39, 0.29) is 6.61 Å². The van der Waals surface area contributed by atoms with Gasteiger partial charge in [-0.05, 0) is 19.3 Å². The molecule has 0 unspecified atom stereocenters. The quantitative estimate of drug-likeness (QED) is 0.549. The van der Waals surface area contributed by atoms with Crippen LogP contribution in [0.3, 0.4) is 0 Å². The Bertz CT molecular complexity index is 313. The molecule has 0 aromatic heterocycles. The number of aliphatic hydroxyl groups excluding tert-OH is 1. The zero-order valence-corrected chi connectivity index (χ0v) is 8.38. The van der Waals surface area contributed by atoms with Gasteiger partial charge >= 0.3 is 5.97 Å². The van der Waals surface area contributed by atoms with Gasteiger partial charge in [0.2, 0.25) is 10.0 Å². The lowest BCUT2D eigenvalue weighted by molar-refractivity contribution is -0.134. The van der Waals surface area contributed by atoms with Crippen LogP contribution in [0.5, 0.6) is 0 Å². The molecule has 7 heteroatoms. The molecule has 6 nitrogen and oxygen atoms in total. The fourth-order valence-corrected chi connectivity index (χ4v) is 2.75. The van der Waals surface area contributed by atoms with Crippen molar-refractivity contribution in [3.05, 3.63) is 0 Å². The van der Waals surface area contributed by atoms with Gasteiger partial charge in [0.25, 0.3) is 0 Å². The number of sulfonamides is 1. The first-order valence-corrected chi connectivity index (χ1v) is 5.89. The largest absolute Gasteiger partial charge is 0.480 e. The number of nitrogens with one attached hydrogen (secondary N) is 1. The van der Waals surface area contributed by atoms with Crippen molar-refractivity contribution in [3.8, 4) is 0 Å². The van der Waals surface area contributed by atoms with E-state index in [1.807, 2.05) is 0 Å². The predicted octanol–water partition coefficient (Wildman–Crippen LogP) is -1.09. The molecule has 0 aromatic rings. The first kappa shape index (κ1) is 11.4. The summed E-state index contributed by atoms with van der Waals surface area (Å²) in [5, 5.41) is 17.3. The topological polar surface area (TPSA) is 104 Å². The molecule has 0 bridgehead atoms. The molecule has 3 N–H and O–H groups in total. The van der Waals surface area contributed by atoms with Crippen LogP contribution in [0, 0.1) is 0 Å². The molecule has 82 valence electrons. The first-order valence-electron chi connectivity index (χ1n) is 4.23. The van der Waals surface area contributed by atoms with E-state index in [1.165, 1.54) is 0 Å². The van der Waals surface area contributed by atoms with Crippen molar-refractivity contribution in [3.63, 3.8) is 0 Å². The summed E-state index contributed by atoms with van der Waals surface area (Å²) in [6.45, 7) is -0.286. The lowest BCUT2D eigenvalue weighted by Crippen LogP contribution is -2.56. The van der Waals surface area contributed by atoms with Crippen LogP contribution in [0.4, 0.5) is 0 Å². The van der Waals surface area contributed by atoms with Crippen molar-refractivity contribution in [2.75, 3.05) is 12.4 Å². The van der Waals surface area contributed by atoms with E-state index >= 15 is 0 Å². The van der Waals surface area contributed by atoms with Crippen molar-refractivity contribution in [1.82, 2.24) is 4.72 Å². The van der Waals surface area contributed by atoms with Gasteiger partial charge in [0.15, 0.2) is 5.75 Å². The molecular formula is C7H13NO5S. The third-order valence-electron chi connectivity index (χ3n) is 2.30. The summed E-state index contributed by atoms with van der Waals surface area (Å²) in [5.74, 6) is -2.35. The Labute approximate surface area is 82.0 Å². The number of hydrogen-bond acceptors (Lipinski definition) is 4. The molecule has 1 saturated carbocycles. The number of hydrogen-bond donors (Lipinski definition) is 3. The summed E-state index contributed by atoms with van der Waals surface area (Å²) in [6.07, 6.45) is 1.96. The van der Waals surface area contributed by atoms with Gasteiger partial charge in [-0.2, -0.15) is 0 Å². The van der Waals surface area contributed by atoms with Crippen LogP contribution in [0.25, 0.3) is 0 Å². The van der Waals surface area contributed by atoms with Crippen molar-refractivity contribution in [2.24, 2.45) is 0 Å². The minimum absolute atomic E-state index is 0.286. The van der Waals surface area contributed by atoms with Crippen molar-refractivity contribution in [2.45, 2.75) is 24.8 Å². The molecule has 1 aliphatic rings. The number of rotatable bonds is 5. The number of aliphatic carboxylic acids is 1. The number of carboxylic acids is 1. The maximum atomic E-state index is 11.2. The Balaban J connectivity index is 2.62. The predicted molar refractivity (Wildman–Crippen MR) is 48.2 cm³/mol. The Hall–Kier alpha value is -0.660. The second-order valence-corrected chi connectivity index (χ2v) is 5.27. The Morgan fingerprint density at radius 1 is 1.43 bits per heavy atom. The van der Waals surface area contributed by atoms with Crippen LogP contribution in [0.1, 0.15) is 19.3 Å². The monoisotopic (exact) mass is 223 g/mol. The second-order valence-electron chi connectivity index (χ2n) is 3.55. The first-order chi connectivity index (χ1) is 6.39. The van der Waals surface area contributed by atoms with E-state index in [2.05, 4.69) is 4.72 Å². The highest BCUT2D eigenvalue weighted by Crippen LogP contribution is 2.31. The molecule has 0 heterocycles. The van der Waals surface area contributed by atoms with Gasteiger partial charge in [-0.15, -0.1) is 0 Å². The molecule has 0 aromatic carbocycles.